The summed E-state index contributed by atoms with van der Waals surface area (Å²) in [6.45, 7) is 4.64. The average molecular weight is 397 g/mol. The number of nitrogens with zero attached hydrogens (tertiary/aromatic N) is 2. The summed E-state index contributed by atoms with van der Waals surface area (Å²) in [7, 11) is -3.58. The van der Waals surface area contributed by atoms with Gasteiger partial charge in [0.05, 0.1) is 12.3 Å². The number of urea groups is 1. The molecule has 27 heavy (non-hydrogen) atoms. The van der Waals surface area contributed by atoms with E-state index in [1.807, 2.05) is 13.8 Å². The van der Waals surface area contributed by atoms with E-state index in [2.05, 4.69) is 5.32 Å². The van der Waals surface area contributed by atoms with E-state index < -0.39 is 21.5 Å². The summed E-state index contributed by atoms with van der Waals surface area (Å²) < 4.78 is 27.7. The highest BCUT2D eigenvalue weighted by atomic mass is 32.2. The largest absolute Gasteiger partial charge is 0.329 e. The smallest absolute Gasteiger partial charge is 0.324 e. The topological polar surface area (TPSA) is 104 Å². The highest BCUT2D eigenvalue weighted by Gasteiger charge is 2.65. The Kier molecular flexibility index (Phi) is 4.20. The molecule has 0 spiro atoms. The Morgan fingerprint density at radius 3 is 2.26 bits per heavy atom. The molecule has 0 radical (unpaired) electrons. The zero-order chi connectivity index (χ0) is 19.6. The SMILES string of the molecule is CC1(C)[C@H]2CC[C@@]1(CS(=O)(=O)N1CCC(N3C(=O)CNC3=O)CC1)C(=O)C2. The van der Waals surface area contributed by atoms with Crippen LogP contribution in [-0.2, 0) is 19.6 Å². The first-order valence-corrected chi connectivity index (χ1v) is 11.3. The predicted octanol–water partition coefficient (Wildman–Crippen LogP) is 0.728. The Morgan fingerprint density at radius 2 is 1.78 bits per heavy atom. The Bertz CT molecular complexity index is 784. The predicted molar refractivity (Wildman–Crippen MR) is 97.2 cm³/mol. The van der Waals surface area contributed by atoms with Crippen molar-refractivity contribution in [2.24, 2.45) is 16.7 Å². The molecular formula is C18H27N3O5S. The lowest BCUT2D eigenvalue weighted by Gasteiger charge is -2.39. The maximum Gasteiger partial charge on any atom is 0.324 e. The lowest BCUT2D eigenvalue weighted by atomic mass is 9.70. The van der Waals surface area contributed by atoms with Crippen molar-refractivity contribution in [2.75, 3.05) is 25.4 Å². The van der Waals surface area contributed by atoms with Crippen LogP contribution in [0, 0.1) is 16.7 Å². The number of ketones is 1. The zero-order valence-corrected chi connectivity index (χ0v) is 16.7. The Balaban J connectivity index is 1.46. The van der Waals surface area contributed by atoms with Crippen LogP contribution in [0.5, 0.6) is 0 Å². The van der Waals surface area contributed by atoms with E-state index in [1.165, 1.54) is 9.21 Å². The fourth-order valence-electron chi connectivity index (χ4n) is 5.69. The second kappa shape index (κ2) is 6.01. The van der Waals surface area contributed by atoms with Crippen molar-refractivity contribution in [1.29, 1.82) is 0 Å². The molecule has 9 heteroatoms. The van der Waals surface area contributed by atoms with Crippen LogP contribution in [-0.4, -0.2) is 66.8 Å². The summed E-state index contributed by atoms with van der Waals surface area (Å²) in [5, 5.41) is 2.51. The van der Waals surface area contributed by atoms with E-state index in [9.17, 15) is 22.8 Å². The summed E-state index contributed by atoms with van der Waals surface area (Å²) in [4.78, 5) is 37.6. The first-order valence-electron chi connectivity index (χ1n) is 9.69. The van der Waals surface area contributed by atoms with Gasteiger partial charge in [0.2, 0.25) is 15.9 Å². The lowest BCUT2D eigenvalue weighted by Crippen LogP contribution is -2.52. The Morgan fingerprint density at radius 1 is 1.11 bits per heavy atom. The normalized spacial score (nSPS) is 34.5. The van der Waals surface area contributed by atoms with Gasteiger partial charge in [0.1, 0.15) is 5.78 Å². The van der Waals surface area contributed by atoms with E-state index in [4.69, 9.17) is 0 Å². The summed E-state index contributed by atoms with van der Waals surface area (Å²) in [6, 6.07) is -0.652. The molecule has 150 valence electrons. The molecular weight excluding hydrogens is 370 g/mol. The summed E-state index contributed by atoms with van der Waals surface area (Å²) >= 11 is 0. The molecule has 2 heterocycles. The minimum absolute atomic E-state index is 0.0121. The molecule has 8 nitrogen and oxygen atoms in total. The number of nitrogens with one attached hydrogen (secondary N) is 1. The van der Waals surface area contributed by atoms with Crippen LogP contribution < -0.4 is 5.32 Å². The molecule has 2 atom stereocenters. The molecule has 2 bridgehead atoms. The maximum absolute atomic E-state index is 13.1. The van der Waals surface area contributed by atoms with Gasteiger partial charge in [-0.3, -0.25) is 14.5 Å². The standard InChI is InChI=1S/C18H27N3O5S/c1-17(2)12-3-6-18(17,14(22)9-12)11-27(25,26)20-7-4-13(5-8-20)21-15(23)10-19-16(21)24/h12-13H,3-11H2,1-2H3,(H,19,24)/t12-,18+/m0/s1. The van der Waals surface area contributed by atoms with E-state index in [1.54, 1.807) is 0 Å². The average Bonchev–Trinajstić information content (AvgIpc) is 3.12. The molecule has 4 rings (SSSR count). The van der Waals surface area contributed by atoms with Crippen molar-refractivity contribution in [3.8, 4) is 0 Å². The number of fused-ring (bicyclic) bond motifs is 2. The quantitative estimate of drug-likeness (QED) is 0.704. The lowest BCUT2D eigenvalue weighted by molar-refractivity contribution is -0.128. The van der Waals surface area contributed by atoms with E-state index in [0.29, 0.717) is 25.7 Å². The van der Waals surface area contributed by atoms with Gasteiger partial charge in [0.25, 0.3) is 0 Å². The molecule has 0 aromatic heterocycles. The van der Waals surface area contributed by atoms with E-state index in [-0.39, 0.29) is 54.5 Å². The minimum Gasteiger partial charge on any atom is -0.329 e. The fourth-order valence-corrected chi connectivity index (χ4v) is 7.94. The number of hydrogen-bond donors (Lipinski definition) is 1. The van der Waals surface area contributed by atoms with Crippen LogP contribution in [0.2, 0.25) is 0 Å². The second-order valence-electron chi connectivity index (χ2n) is 8.98. The molecule has 0 aromatic rings. The molecule has 4 aliphatic rings. The Hall–Kier alpha value is -1.48. The third-order valence-electron chi connectivity index (χ3n) is 7.63. The molecule has 4 fully saturated rings. The van der Waals surface area contributed by atoms with Gasteiger partial charge in [-0.05, 0) is 37.0 Å². The van der Waals surface area contributed by atoms with E-state index >= 15 is 0 Å². The van der Waals surface area contributed by atoms with Crippen molar-refractivity contribution in [2.45, 2.75) is 52.0 Å². The number of carbonyl (C=O) groups is 3. The van der Waals surface area contributed by atoms with Crippen molar-refractivity contribution >= 4 is 27.7 Å². The van der Waals surface area contributed by atoms with Gasteiger partial charge in [-0.2, -0.15) is 0 Å². The van der Waals surface area contributed by atoms with Crippen molar-refractivity contribution in [1.82, 2.24) is 14.5 Å². The van der Waals surface area contributed by atoms with E-state index in [0.717, 1.165) is 6.42 Å². The van der Waals surface area contributed by atoms with Gasteiger partial charge >= 0.3 is 6.03 Å². The molecule has 2 aliphatic carbocycles. The first-order chi connectivity index (χ1) is 12.6. The summed E-state index contributed by atoms with van der Waals surface area (Å²) in [5.41, 5.74) is -1.05. The third-order valence-corrected chi connectivity index (χ3v) is 9.64. The van der Waals surface area contributed by atoms with Gasteiger partial charge in [-0.25, -0.2) is 17.5 Å². The fraction of sp³-hybridized carbons (Fsp3) is 0.833. The highest BCUT2D eigenvalue weighted by molar-refractivity contribution is 7.89. The zero-order valence-electron chi connectivity index (χ0n) is 15.9. The van der Waals surface area contributed by atoms with Crippen LogP contribution >= 0.6 is 0 Å². The maximum atomic E-state index is 13.1. The van der Waals surface area contributed by atoms with Crippen molar-refractivity contribution in [3.63, 3.8) is 0 Å². The van der Waals surface area contributed by atoms with Crippen LogP contribution in [0.3, 0.4) is 0 Å². The number of piperidine rings is 1. The molecule has 0 aromatic carbocycles. The first kappa shape index (κ1) is 18.9. The Labute approximate surface area is 159 Å². The third kappa shape index (κ3) is 2.65. The molecule has 2 aliphatic heterocycles. The molecule has 0 unspecified atom stereocenters. The van der Waals surface area contributed by atoms with Gasteiger partial charge in [-0.1, -0.05) is 13.8 Å². The van der Waals surface area contributed by atoms with Crippen molar-refractivity contribution in [3.05, 3.63) is 0 Å². The number of sulfonamides is 1. The van der Waals surface area contributed by atoms with Crippen molar-refractivity contribution < 1.29 is 22.8 Å². The molecule has 2 saturated heterocycles. The number of amides is 3. The molecule has 3 amide bonds. The number of imide groups is 1. The molecule has 2 saturated carbocycles. The van der Waals surface area contributed by atoms with Gasteiger partial charge < -0.3 is 5.32 Å². The highest BCUT2D eigenvalue weighted by Crippen LogP contribution is 2.64. The van der Waals surface area contributed by atoms with Gasteiger partial charge in [0, 0.05) is 31.0 Å². The van der Waals surface area contributed by atoms with Crippen LogP contribution in [0.4, 0.5) is 4.79 Å². The summed E-state index contributed by atoms with van der Waals surface area (Å²) in [5.74, 6) is 0.0125. The monoisotopic (exact) mass is 397 g/mol. The van der Waals surface area contributed by atoms with Gasteiger partial charge in [0.15, 0.2) is 0 Å². The van der Waals surface area contributed by atoms with Crippen LogP contribution in [0.1, 0.15) is 46.0 Å². The number of rotatable bonds is 4. The number of Topliss-reactive ketones (excluding diaryl/α,β-unsaturated/α-hetero) is 1. The van der Waals surface area contributed by atoms with Gasteiger partial charge in [-0.15, -0.1) is 0 Å². The number of hydrogen-bond acceptors (Lipinski definition) is 5. The molecule has 1 N–H and O–H groups in total. The minimum atomic E-state index is -3.58. The summed E-state index contributed by atoms with van der Waals surface area (Å²) in [6.07, 6.45) is 2.94. The number of carbonyl (C=O) groups excluding carboxylic acids is 3. The van der Waals surface area contributed by atoms with Crippen LogP contribution in [0.15, 0.2) is 0 Å². The van der Waals surface area contributed by atoms with Crippen LogP contribution in [0.25, 0.3) is 0 Å². The second-order valence-corrected chi connectivity index (χ2v) is 10.9.